The Bertz CT molecular complexity index is 534. The van der Waals surface area contributed by atoms with Crippen molar-refractivity contribution in [1.29, 1.82) is 0 Å². The molecule has 0 radical (unpaired) electrons. The third-order valence-corrected chi connectivity index (χ3v) is 5.51. The minimum absolute atomic E-state index is 0.144. The van der Waals surface area contributed by atoms with E-state index in [0.717, 1.165) is 44.7 Å². The lowest BCUT2D eigenvalue weighted by atomic mass is 9.91. The lowest BCUT2D eigenvalue weighted by Gasteiger charge is -2.37. The van der Waals surface area contributed by atoms with E-state index in [1.807, 2.05) is 6.07 Å². The molecule has 4 nitrogen and oxygen atoms in total. The Morgan fingerprint density at radius 3 is 2.75 bits per heavy atom. The Hall–Kier alpha value is -1.10. The third-order valence-electron chi connectivity index (χ3n) is 5.51. The molecule has 0 bridgehead atoms. The Morgan fingerprint density at radius 1 is 1.21 bits per heavy atom. The van der Waals surface area contributed by atoms with Crippen molar-refractivity contribution in [1.82, 2.24) is 4.90 Å². The molecular weight excluding hydrogens is 302 g/mol. The molecule has 0 aromatic heterocycles. The number of aliphatic hydroxyl groups is 1. The summed E-state index contributed by atoms with van der Waals surface area (Å²) in [5.41, 5.74) is 2.48. The van der Waals surface area contributed by atoms with Crippen molar-refractivity contribution in [3.05, 3.63) is 29.3 Å². The Labute approximate surface area is 145 Å². The van der Waals surface area contributed by atoms with Crippen LogP contribution < -0.4 is 4.74 Å². The van der Waals surface area contributed by atoms with Crippen molar-refractivity contribution in [2.75, 3.05) is 26.8 Å². The minimum atomic E-state index is -0.144. The first-order valence-corrected chi connectivity index (χ1v) is 9.34. The van der Waals surface area contributed by atoms with Crippen LogP contribution in [0.15, 0.2) is 18.2 Å². The van der Waals surface area contributed by atoms with Gasteiger partial charge in [-0.05, 0) is 49.8 Å². The standard InChI is InChI=1S/C20H31NO3/c1-15-13-16(7-8-19(15)23-2)10-12-24-20-6-4-3-5-18(20)21-11-9-17(22)14-21/h7-8,13,17-18,20,22H,3-6,9-12,14H2,1-2H3/t17-,18+,20?/m0/s1. The number of hydrogen-bond donors (Lipinski definition) is 1. The highest BCUT2D eigenvalue weighted by Gasteiger charge is 2.34. The number of aliphatic hydroxyl groups excluding tert-OH is 1. The molecule has 2 aliphatic rings. The number of nitrogens with zero attached hydrogens (tertiary/aromatic N) is 1. The summed E-state index contributed by atoms with van der Waals surface area (Å²) in [4.78, 5) is 2.45. The molecule has 1 unspecified atom stereocenters. The van der Waals surface area contributed by atoms with Crippen LogP contribution in [0.2, 0.25) is 0 Å². The first kappa shape index (κ1) is 17.7. The van der Waals surface area contributed by atoms with Crippen LogP contribution in [0.3, 0.4) is 0 Å². The molecule has 0 amide bonds. The molecular formula is C20H31NO3. The van der Waals surface area contributed by atoms with Gasteiger partial charge >= 0.3 is 0 Å². The zero-order chi connectivity index (χ0) is 16.9. The van der Waals surface area contributed by atoms with Gasteiger partial charge in [-0.15, -0.1) is 0 Å². The molecule has 0 spiro atoms. The molecule has 134 valence electrons. The van der Waals surface area contributed by atoms with Gasteiger partial charge in [0.15, 0.2) is 0 Å². The van der Waals surface area contributed by atoms with E-state index < -0.39 is 0 Å². The summed E-state index contributed by atoms with van der Waals surface area (Å²) in [6, 6.07) is 6.86. The van der Waals surface area contributed by atoms with E-state index in [-0.39, 0.29) is 6.10 Å². The summed E-state index contributed by atoms with van der Waals surface area (Å²) >= 11 is 0. The molecule has 1 saturated carbocycles. The molecule has 1 aliphatic carbocycles. The van der Waals surface area contributed by atoms with Gasteiger partial charge in [-0.2, -0.15) is 0 Å². The average Bonchev–Trinajstić information content (AvgIpc) is 3.02. The van der Waals surface area contributed by atoms with Crippen LogP contribution in [-0.2, 0) is 11.2 Å². The molecule has 2 fully saturated rings. The van der Waals surface area contributed by atoms with Gasteiger partial charge < -0.3 is 14.6 Å². The van der Waals surface area contributed by atoms with Crippen molar-refractivity contribution >= 4 is 0 Å². The molecule has 1 aliphatic heterocycles. The van der Waals surface area contributed by atoms with Gasteiger partial charge in [0.2, 0.25) is 0 Å². The van der Waals surface area contributed by atoms with Crippen molar-refractivity contribution in [3.63, 3.8) is 0 Å². The summed E-state index contributed by atoms with van der Waals surface area (Å²) < 4.78 is 11.6. The summed E-state index contributed by atoms with van der Waals surface area (Å²) in [7, 11) is 1.71. The third kappa shape index (κ3) is 4.29. The average molecular weight is 333 g/mol. The maximum atomic E-state index is 9.82. The number of aryl methyl sites for hydroxylation is 1. The van der Waals surface area contributed by atoms with Gasteiger partial charge in [0.25, 0.3) is 0 Å². The molecule has 1 aromatic rings. The summed E-state index contributed by atoms with van der Waals surface area (Å²) in [6.45, 7) is 4.69. The number of ether oxygens (including phenoxy) is 2. The van der Waals surface area contributed by atoms with Crippen molar-refractivity contribution in [2.24, 2.45) is 0 Å². The number of likely N-dealkylation sites (tertiary alicyclic amines) is 1. The van der Waals surface area contributed by atoms with Gasteiger partial charge in [0.1, 0.15) is 5.75 Å². The van der Waals surface area contributed by atoms with Crippen LogP contribution in [0.5, 0.6) is 5.75 Å². The largest absolute Gasteiger partial charge is 0.496 e. The minimum Gasteiger partial charge on any atom is -0.496 e. The first-order valence-electron chi connectivity index (χ1n) is 9.34. The van der Waals surface area contributed by atoms with E-state index >= 15 is 0 Å². The second-order valence-electron chi connectivity index (χ2n) is 7.25. The van der Waals surface area contributed by atoms with Crippen LogP contribution in [0, 0.1) is 6.92 Å². The highest BCUT2D eigenvalue weighted by atomic mass is 16.5. The van der Waals surface area contributed by atoms with Gasteiger partial charge in [-0.3, -0.25) is 4.90 Å². The summed E-state index contributed by atoms with van der Waals surface area (Å²) in [5.74, 6) is 0.944. The van der Waals surface area contributed by atoms with Gasteiger partial charge in [0.05, 0.1) is 25.9 Å². The quantitative estimate of drug-likeness (QED) is 0.869. The van der Waals surface area contributed by atoms with Crippen molar-refractivity contribution in [3.8, 4) is 5.75 Å². The lowest BCUT2D eigenvalue weighted by Crippen LogP contribution is -2.46. The van der Waals surface area contributed by atoms with E-state index in [9.17, 15) is 5.11 Å². The topological polar surface area (TPSA) is 41.9 Å². The van der Waals surface area contributed by atoms with E-state index in [1.165, 1.54) is 30.4 Å². The van der Waals surface area contributed by atoms with Crippen LogP contribution in [0.25, 0.3) is 0 Å². The number of rotatable bonds is 6. The molecule has 1 aromatic carbocycles. The number of β-amino-alcohol motifs (C(OH)–C–C–N with tert-alkyl or cyclic N) is 1. The zero-order valence-corrected chi connectivity index (χ0v) is 15.0. The number of methoxy groups -OCH3 is 1. The molecule has 1 N–H and O–H groups in total. The summed E-state index contributed by atoms with van der Waals surface area (Å²) in [6.07, 6.45) is 6.94. The predicted molar refractivity (Wildman–Crippen MR) is 95.6 cm³/mol. The van der Waals surface area contributed by atoms with E-state index in [1.54, 1.807) is 7.11 Å². The fourth-order valence-electron chi connectivity index (χ4n) is 4.18. The first-order chi connectivity index (χ1) is 11.7. The predicted octanol–water partition coefficient (Wildman–Crippen LogP) is 2.94. The second-order valence-corrected chi connectivity index (χ2v) is 7.25. The van der Waals surface area contributed by atoms with Gasteiger partial charge in [0, 0.05) is 19.1 Å². The maximum absolute atomic E-state index is 9.82. The van der Waals surface area contributed by atoms with Crippen LogP contribution in [0.4, 0.5) is 0 Å². The van der Waals surface area contributed by atoms with Crippen molar-refractivity contribution in [2.45, 2.75) is 63.7 Å². The summed E-state index contributed by atoms with van der Waals surface area (Å²) in [5, 5.41) is 9.82. The Kier molecular flexibility index (Phi) is 6.14. The molecule has 24 heavy (non-hydrogen) atoms. The fourth-order valence-corrected chi connectivity index (χ4v) is 4.18. The van der Waals surface area contributed by atoms with Gasteiger partial charge in [-0.1, -0.05) is 25.0 Å². The van der Waals surface area contributed by atoms with Crippen LogP contribution in [-0.4, -0.2) is 55.1 Å². The lowest BCUT2D eigenvalue weighted by molar-refractivity contribution is -0.0316. The number of benzene rings is 1. The van der Waals surface area contributed by atoms with Crippen LogP contribution >= 0.6 is 0 Å². The second kappa shape index (κ2) is 8.32. The van der Waals surface area contributed by atoms with Crippen LogP contribution in [0.1, 0.15) is 43.2 Å². The SMILES string of the molecule is COc1ccc(CCOC2CCCC[C@H]2N2CC[C@H](O)C2)cc1C. The molecule has 1 saturated heterocycles. The monoisotopic (exact) mass is 333 g/mol. The fraction of sp³-hybridized carbons (Fsp3) is 0.700. The smallest absolute Gasteiger partial charge is 0.121 e. The number of hydrogen-bond acceptors (Lipinski definition) is 4. The molecule has 3 rings (SSSR count). The highest BCUT2D eigenvalue weighted by molar-refractivity contribution is 5.36. The molecule has 4 heteroatoms. The van der Waals surface area contributed by atoms with E-state index in [4.69, 9.17) is 9.47 Å². The Balaban J connectivity index is 1.51. The van der Waals surface area contributed by atoms with Crippen molar-refractivity contribution < 1.29 is 14.6 Å². The molecule has 1 heterocycles. The van der Waals surface area contributed by atoms with E-state index in [0.29, 0.717) is 12.1 Å². The highest BCUT2D eigenvalue weighted by Crippen LogP contribution is 2.28. The zero-order valence-electron chi connectivity index (χ0n) is 15.0. The maximum Gasteiger partial charge on any atom is 0.121 e. The molecule has 3 atom stereocenters. The van der Waals surface area contributed by atoms with E-state index in [2.05, 4.69) is 24.0 Å². The normalized spacial score (nSPS) is 28.2. The van der Waals surface area contributed by atoms with Gasteiger partial charge in [-0.25, -0.2) is 0 Å². The Morgan fingerprint density at radius 2 is 2.04 bits per heavy atom.